The third-order valence-electron chi connectivity index (χ3n) is 2.64. The number of hydrogen-bond acceptors (Lipinski definition) is 6. The van der Waals surface area contributed by atoms with Crippen LogP contribution in [0.2, 0.25) is 0 Å². The Morgan fingerprint density at radius 3 is 3.06 bits per heavy atom. The van der Waals surface area contributed by atoms with Crippen LogP contribution in [0.5, 0.6) is 0 Å². The van der Waals surface area contributed by atoms with E-state index in [1.807, 2.05) is 5.38 Å². The van der Waals surface area contributed by atoms with Crippen molar-refractivity contribution in [3.8, 4) is 0 Å². The zero-order chi connectivity index (χ0) is 11.7. The maximum absolute atomic E-state index is 11.6. The first-order chi connectivity index (χ1) is 8.33. The molecule has 0 saturated carbocycles. The minimum Gasteiger partial charge on any atom is -0.300 e. The Balaban J connectivity index is 1.90. The van der Waals surface area contributed by atoms with Gasteiger partial charge in [-0.3, -0.25) is 4.79 Å². The second kappa shape index (κ2) is 4.21. The standard InChI is InChI=1S/C11H10N4OS/c16-9-3-1-2-8-7(9)6-13-10(14-8)15-11-12-4-5-17-11/h4-6H,1-3H2,(H,12,13,14,15). The Bertz CT molecular complexity index is 553. The maximum Gasteiger partial charge on any atom is 0.229 e. The number of nitrogens with zero attached hydrogens (tertiary/aromatic N) is 3. The Kier molecular flexibility index (Phi) is 2.56. The molecule has 0 unspecified atom stereocenters. The molecule has 0 fully saturated rings. The number of hydrogen-bond donors (Lipinski definition) is 1. The highest BCUT2D eigenvalue weighted by atomic mass is 32.1. The normalized spacial score (nSPS) is 14.5. The monoisotopic (exact) mass is 246 g/mol. The summed E-state index contributed by atoms with van der Waals surface area (Å²) >= 11 is 1.49. The number of carbonyl (C=O) groups excluding carboxylic acids is 1. The Morgan fingerprint density at radius 2 is 2.24 bits per heavy atom. The van der Waals surface area contributed by atoms with Crippen molar-refractivity contribution in [3.05, 3.63) is 29.0 Å². The molecular weight excluding hydrogens is 236 g/mol. The molecule has 1 aliphatic carbocycles. The van der Waals surface area contributed by atoms with E-state index in [4.69, 9.17) is 0 Å². The summed E-state index contributed by atoms with van der Waals surface area (Å²) in [4.78, 5) is 24.2. The molecule has 0 saturated heterocycles. The number of Topliss-reactive ketones (excluding diaryl/α,β-unsaturated/α-hetero) is 1. The second-order valence-corrected chi connectivity index (χ2v) is 4.69. The van der Waals surface area contributed by atoms with E-state index < -0.39 is 0 Å². The van der Waals surface area contributed by atoms with Gasteiger partial charge in [-0.2, -0.15) is 0 Å². The highest BCUT2D eigenvalue weighted by molar-refractivity contribution is 7.13. The number of ketones is 1. The number of nitrogens with one attached hydrogen (secondary N) is 1. The van der Waals surface area contributed by atoms with Crippen molar-refractivity contribution < 1.29 is 4.79 Å². The number of thiazole rings is 1. The number of anilines is 2. The lowest BCUT2D eigenvalue weighted by molar-refractivity contribution is 0.0971. The van der Waals surface area contributed by atoms with Gasteiger partial charge in [0.2, 0.25) is 5.95 Å². The van der Waals surface area contributed by atoms with E-state index in [2.05, 4.69) is 20.3 Å². The molecule has 0 aromatic carbocycles. The van der Waals surface area contributed by atoms with Gasteiger partial charge in [0.15, 0.2) is 10.9 Å². The molecule has 5 nitrogen and oxygen atoms in total. The SMILES string of the molecule is O=C1CCCc2nc(Nc3nccs3)ncc21. The summed E-state index contributed by atoms with van der Waals surface area (Å²) < 4.78 is 0. The zero-order valence-electron chi connectivity index (χ0n) is 9.01. The molecule has 3 rings (SSSR count). The van der Waals surface area contributed by atoms with Crippen LogP contribution in [0.4, 0.5) is 11.1 Å². The van der Waals surface area contributed by atoms with E-state index in [-0.39, 0.29) is 5.78 Å². The molecule has 0 spiro atoms. The Labute approximate surface area is 102 Å². The molecule has 2 aromatic heterocycles. The molecule has 86 valence electrons. The van der Waals surface area contributed by atoms with Gasteiger partial charge in [-0.25, -0.2) is 15.0 Å². The minimum absolute atomic E-state index is 0.145. The predicted octanol–water partition coefficient (Wildman–Crippen LogP) is 2.20. The van der Waals surface area contributed by atoms with Crippen LogP contribution >= 0.6 is 11.3 Å². The Morgan fingerprint density at radius 1 is 1.29 bits per heavy atom. The van der Waals surface area contributed by atoms with Gasteiger partial charge >= 0.3 is 0 Å². The lowest BCUT2D eigenvalue weighted by Gasteiger charge is -2.13. The van der Waals surface area contributed by atoms with Crippen molar-refractivity contribution in [2.75, 3.05) is 5.32 Å². The average Bonchev–Trinajstić information content (AvgIpc) is 2.82. The summed E-state index contributed by atoms with van der Waals surface area (Å²) in [5.74, 6) is 0.653. The molecule has 17 heavy (non-hydrogen) atoms. The summed E-state index contributed by atoms with van der Waals surface area (Å²) in [5.41, 5.74) is 1.51. The molecule has 2 heterocycles. The number of carbonyl (C=O) groups is 1. The highest BCUT2D eigenvalue weighted by Gasteiger charge is 2.19. The smallest absolute Gasteiger partial charge is 0.229 e. The van der Waals surface area contributed by atoms with Crippen LogP contribution in [0, 0.1) is 0 Å². The van der Waals surface area contributed by atoms with Crippen molar-refractivity contribution in [2.45, 2.75) is 19.3 Å². The zero-order valence-corrected chi connectivity index (χ0v) is 9.83. The average molecular weight is 246 g/mol. The minimum atomic E-state index is 0.145. The predicted molar refractivity (Wildman–Crippen MR) is 64.7 cm³/mol. The lowest BCUT2D eigenvalue weighted by atomic mass is 9.96. The van der Waals surface area contributed by atoms with Gasteiger partial charge in [-0.15, -0.1) is 11.3 Å². The van der Waals surface area contributed by atoms with E-state index in [0.717, 1.165) is 23.7 Å². The van der Waals surface area contributed by atoms with Gasteiger partial charge < -0.3 is 5.32 Å². The highest BCUT2D eigenvalue weighted by Crippen LogP contribution is 2.21. The molecule has 2 aromatic rings. The van der Waals surface area contributed by atoms with Gasteiger partial charge in [-0.1, -0.05) is 0 Å². The van der Waals surface area contributed by atoms with Gasteiger partial charge in [0.25, 0.3) is 0 Å². The molecule has 6 heteroatoms. The molecule has 0 aliphatic heterocycles. The molecule has 0 amide bonds. The fraction of sp³-hybridized carbons (Fsp3) is 0.273. The van der Waals surface area contributed by atoms with Crippen LogP contribution in [-0.2, 0) is 6.42 Å². The van der Waals surface area contributed by atoms with Crippen molar-refractivity contribution in [1.29, 1.82) is 0 Å². The van der Waals surface area contributed by atoms with Crippen molar-refractivity contribution in [1.82, 2.24) is 15.0 Å². The van der Waals surface area contributed by atoms with E-state index in [1.54, 1.807) is 12.4 Å². The first-order valence-corrected chi connectivity index (χ1v) is 6.26. The fourth-order valence-corrected chi connectivity index (χ4v) is 2.36. The second-order valence-electron chi connectivity index (χ2n) is 3.79. The largest absolute Gasteiger partial charge is 0.300 e. The summed E-state index contributed by atoms with van der Waals surface area (Å²) in [6.07, 6.45) is 5.65. The van der Waals surface area contributed by atoms with Crippen LogP contribution < -0.4 is 5.32 Å². The first-order valence-electron chi connectivity index (χ1n) is 5.38. The number of rotatable bonds is 2. The summed E-state index contributed by atoms with van der Waals surface area (Å²) in [5, 5.41) is 5.66. The van der Waals surface area contributed by atoms with Crippen molar-refractivity contribution in [2.24, 2.45) is 0 Å². The summed E-state index contributed by atoms with van der Waals surface area (Å²) in [7, 11) is 0. The molecular formula is C11H10N4OS. The quantitative estimate of drug-likeness (QED) is 0.879. The van der Waals surface area contributed by atoms with Crippen molar-refractivity contribution >= 4 is 28.2 Å². The molecule has 1 aliphatic rings. The molecule has 0 atom stereocenters. The third kappa shape index (κ3) is 2.03. The number of aryl methyl sites for hydroxylation is 1. The van der Waals surface area contributed by atoms with Crippen LogP contribution in [0.25, 0.3) is 0 Å². The van der Waals surface area contributed by atoms with Crippen molar-refractivity contribution in [3.63, 3.8) is 0 Å². The van der Waals surface area contributed by atoms with Crippen LogP contribution in [-0.4, -0.2) is 20.7 Å². The Hall–Kier alpha value is -1.82. The van der Waals surface area contributed by atoms with E-state index in [1.165, 1.54) is 11.3 Å². The fourth-order valence-electron chi connectivity index (χ4n) is 1.83. The summed E-state index contributed by atoms with van der Waals surface area (Å²) in [6.45, 7) is 0. The van der Waals surface area contributed by atoms with Gasteiger partial charge in [0.05, 0.1) is 11.3 Å². The lowest BCUT2D eigenvalue weighted by Crippen LogP contribution is -2.14. The topological polar surface area (TPSA) is 67.8 Å². The van der Waals surface area contributed by atoms with E-state index in [0.29, 0.717) is 17.9 Å². The van der Waals surface area contributed by atoms with Crippen LogP contribution in [0.15, 0.2) is 17.8 Å². The van der Waals surface area contributed by atoms with Gasteiger partial charge in [0.1, 0.15) is 0 Å². The number of fused-ring (bicyclic) bond motifs is 1. The molecule has 1 N–H and O–H groups in total. The van der Waals surface area contributed by atoms with E-state index in [9.17, 15) is 4.79 Å². The van der Waals surface area contributed by atoms with Crippen LogP contribution in [0.3, 0.4) is 0 Å². The van der Waals surface area contributed by atoms with Gasteiger partial charge in [0, 0.05) is 24.2 Å². The molecule has 0 bridgehead atoms. The summed E-state index contributed by atoms with van der Waals surface area (Å²) in [6, 6.07) is 0. The van der Waals surface area contributed by atoms with Gasteiger partial charge in [-0.05, 0) is 12.8 Å². The number of aromatic nitrogens is 3. The maximum atomic E-state index is 11.6. The van der Waals surface area contributed by atoms with Crippen LogP contribution in [0.1, 0.15) is 28.9 Å². The third-order valence-corrected chi connectivity index (χ3v) is 3.33. The van der Waals surface area contributed by atoms with E-state index >= 15 is 0 Å². The molecule has 0 radical (unpaired) electrons. The first kappa shape index (κ1) is 10.3.